The molecule has 4 heteroatoms. The Hall–Kier alpha value is -1.84. The monoisotopic (exact) mass is 203 g/mol. The van der Waals surface area contributed by atoms with Gasteiger partial charge in [-0.3, -0.25) is 9.48 Å². The summed E-state index contributed by atoms with van der Waals surface area (Å²) in [4.78, 5) is 11.4. The standard InChI is InChI=1S/C11H13N3O/c1-10-5-6-12-14(10)9-8-13-7-3-2-4-11(13)15/h2-7H,8-9H2,1H3. The second-order valence-electron chi connectivity index (χ2n) is 3.43. The van der Waals surface area contributed by atoms with E-state index >= 15 is 0 Å². The number of pyridine rings is 1. The van der Waals surface area contributed by atoms with E-state index in [1.807, 2.05) is 23.7 Å². The quantitative estimate of drug-likeness (QED) is 0.748. The molecule has 0 fully saturated rings. The van der Waals surface area contributed by atoms with Crippen LogP contribution >= 0.6 is 0 Å². The number of rotatable bonds is 3. The van der Waals surface area contributed by atoms with E-state index in [1.54, 1.807) is 29.1 Å². The van der Waals surface area contributed by atoms with Crippen LogP contribution in [-0.4, -0.2) is 14.3 Å². The van der Waals surface area contributed by atoms with Gasteiger partial charge in [0.05, 0.1) is 6.54 Å². The van der Waals surface area contributed by atoms with Crippen LogP contribution in [0.2, 0.25) is 0 Å². The van der Waals surface area contributed by atoms with Gasteiger partial charge in [0, 0.05) is 30.7 Å². The molecule has 0 saturated heterocycles. The summed E-state index contributed by atoms with van der Waals surface area (Å²) in [6.07, 6.45) is 3.56. The van der Waals surface area contributed by atoms with Crippen LogP contribution < -0.4 is 5.56 Å². The van der Waals surface area contributed by atoms with E-state index in [1.165, 1.54) is 0 Å². The fourth-order valence-electron chi connectivity index (χ4n) is 1.48. The normalized spacial score (nSPS) is 10.5. The van der Waals surface area contributed by atoms with Crippen molar-refractivity contribution in [2.24, 2.45) is 0 Å². The Morgan fingerprint density at radius 2 is 2.13 bits per heavy atom. The van der Waals surface area contributed by atoms with Gasteiger partial charge in [0.2, 0.25) is 0 Å². The number of aromatic nitrogens is 3. The first-order valence-electron chi connectivity index (χ1n) is 4.91. The summed E-state index contributed by atoms with van der Waals surface area (Å²) < 4.78 is 3.57. The van der Waals surface area contributed by atoms with Gasteiger partial charge in [-0.05, 0) is 19.1 Å². The van der Waals surface area contributed by atoms with Gasteiger partial charge in [-0.15, -0.1) is 0 Å². The summed E-state index contributed by atoms with van der Waals surface area (Å²) in [5.74, 6) is 0. The zero-order valence-electron chi connectivity index (χ0n) is 8.63. The molecule has 78 valence electrons. The van der Waals surface area contributed by atoms with Crippen LogP contribution in [0.25, 0.3) is 0 Å². The molecule has 2 rings (SSSR count). The maximum atomic E-state index is 11.4. The lowest BCUT2D eigenvalue weighted by Crippen LogP contribution is -2.21. The zero-order valence-corrected chi connectivity index (χ0v) is 8.63. The number of hydrogen-bond donors (Lipinski definition) is 0. The Kier molecular flexibility index (Phi) is 2.67. The maximum Gasteiger partial charge on any atom is 0.250 e. The van der Waals surface area contributed by atoms with Gasteiger partial charge in [-0.1, -0.05) is 6.07 Å². The summed E-state index contributed by atoms with van der Waals surface area (Å²) >= 11 is 0. The van der Waals surface area contributed by atoms with E-state index in [2.05, 4.69) is 5.10 Å². The third-order valence-electron chi connectivity index (χ3n) is 2.38. The van der Waals surface area contributed by atoms with Crippen LogP contribution in [-0.2, 0) is 13.1 Å². The lowest BCUT2D eigenvalue weighted by molar-refractivity contribution is 0.514. The highest BCUT2D eigenvalue weighted by Gasteiger charge is 1.98. The van der Waals surface area contributed by atoms with Gasteiger partial charge in [-0.2, -0.15) is 5.10 Å². The smallest absolute Gasteiger partial charge is 0.250 e. The maximum absolute atomic E-state index is 11.4. The second kappa shape index (κ2) is 4.13. The molecule has 15 heavy (non-hydrogen) atoms. The molecule has 0 radical (unpaired) electrons. The van der Waals surface area contributed by atoms with Crippen molar-refractivity contribution in [3.05, 3.63) is 52.7 Å². The lowest BCUT2D eigenvalue weighted by Gasteiger charge is -2.06. The van der Waals surface area contributed by atoms with Crippen molar-refractivity contribution in [1.82, 2.24) is 14.3 Å². The molecule has 2 heterocycles. The third-order valence-corrected chi connectivity index (χ3v) is 2.38. The molecule has 0 N–H and O–H groups in total. The molecule has 0 aliphatic carbocycles. The van der Waals surface area contributed by atoms with E-state index in [9.17, 15) is 4.79 Å². The summed E-state index contributed by atoms with van der Waals surface area (Å²) in [6, 6.07) is 7.12. The van der Waals surface area contributed by atoms with Crippen molar-refractivity contribution < 1.29 is 0 Å². The second-order valence-corrected chi connectivity index (χ2v) is 3.43. The van der Waals surface area contributed by atoms with Crippen LogP contribution in [0, 0.1) is 6.92 Å². The Morgan fingerprint density at radius 3 is 2.80 bits per heavy atom. The molecule has 0 amide bonds. The van der Waals surface area contributed by atoms with Gasteiger partial charge < -0.3 is 4.57 Å². The van der Waals surface area contributed by atoms with E-state index in [4.69, 9.17) is 0 Å². The molecule has 0 saturated carbocycles. The van der Waals surface area contributed by atoms with Crippen LogP contribution in [0.5, 0.6) is 0 Å². The van der Waals surface area contributed by atoms with Gasteiger partial charge in [0.15, 0.2) is 0 Å². The minimum atomic E-state index is 0.0299. The highest BCUT2D eigenvalue weighted by Crippen LogP contribution is 1.96. The third kappa shape index (κ3) is 2.15. The Morgan fingerprint density at radius 1 is 1.27 bits per heavy atom. The van der Waals surface area contributed by atoms with E-state index in [0.29, 0.717) is 6.54 Å². The van der Waals surface area contributed by atoms with Gasteiger partial charge in [0.25, 0.3) is 5.56 Å². The van der Waals surface area contributed by atoms with Crippen molar-refractivity contribution in [2.45, 2.75) is 20.0 Å². The first-order valence-corrected chi connectivity index (χ1v) is 4.91. The first kappa shape index (κ1) is 9.71. The average molecular weight is 203 g/mol. The number of aryl methyl sites for hydroxylation is 3. The summed E-state index contributed by atoms with van der Waals surface area (Å²) in [5, 5.41) is 4.16. The Labute approximate surface area is 87.8 Å². The molecule has 0 aliphatic rings. The molecular formula is C11H13N3O. The van der Waals surface area contributed by atoms with Crippen LogP contribution in [0.3, 0.4) is 0 Å². The van der Waals surface area contributed by atoms with E-state index in [0.717, 1.165) is 12.2 Å². The molecule has 2 aromatic heterocycles. The van der Waals surface area contributed by atoms with Gasteiger partial charge in [0.1, 0.15) is 0 Å². The lowest BCUT2D eigenvalue weighted by atomic mass is 10.4. The summed E-state index contributed by atoms with van der Waals surface area (Å²) in [7, 11) is 0. The molecule has 0 atom stereocenters. The van der Waals surface area contributed by atoms with E-state index < -0.39 is 0 Å². The highest BCUT2D eigenvalue weighted by atomic mass is 16.1. The largest absolute Gasteiger partial charge is 0.314 e. The van der Waals surface area contributed by atoms with Crippen molar-refractivity contribution in [1.29, 1.82) is 0 Å². The van der Waals surface area contributed by atoms with Crippen LogP contribution in [0.4, 0.5) is 0 Å². The topological polar surface area (TPSA) is 39.8 Å². The van der Waals surface area contributed by atoms with Gasteiger partial charge >= 0.3 is 0 Å². The van der Waals surface area contributed by atoms with Crippen molar-refractivity contribution in [3.63, 3.8) is 0 Å². The fourth-order valence-corrected chi connectivity index (χ4v) is 1.48. The van der Waals surface area contributed by atoms with Crippen LogP contribution in [0.15, 0.2) is 41.5 Å². The van der Waals surface area contributed by atoms with Crippen LogP contribution in [0.1, 0.15) is 5.69 Å². The predicted octanol–water partition coefficient (Wildman–Crippen LogP) is 1.05. The fraction of sp³-hybridized carbons (Fsp3) is 0.273. The Balaban J connectivity index is 2.09. The van der Waals surface area contributed by atoms with Crippen molar-refractivity contribution >= 4 is 0 Å². The summed E-state index contributed by atoms with van der Waals surface area (Å²) in [6.45, 7) is 3.38. The molecule has 0 aliphatic heterocycles. The SMILES string of the molecule is Cc1ccnn1CCn1ccccc1=O. The predicted molar refractivity (Wildman–Crippen MR) is 57.7 cm³/mol. The molecule has 0 aromatic carbocycles. The first-order chi connectivity index (χ1) is 7.27. The van der Waals surface area contributed by atoms with Crippen molar-refractivity contribution in [3.8, 4) is 0 Å². The van der Waals surface area contributed by atoms with Crippen molar-refractivity contribution in [2.75, 3.05) is 0 Å². The Bertz CT molecular complexity index is 498. The zero-order chi connectivity index (χ0) is 10.7. The number of nitrogens with zero attached hydrogens (tertiary/aromatic N) is 3. The molecule has 0 bridgehead atoms. The average Bonchev–Trinajstić information content (AvgIpc) is 2.63. The van der Waals surface area contributed by atoms with E-state index in [-0.39, 0.29) is 5.56 Å². The highest BCUT2D eigenvalue weighted by molar-refractivity contribution is 4.97. The molecule has 4 nitrogen and oxygen atoms in total. The number of hydrogen-bond acceptors (Lipinski definition) is 2. The molecule has 2 aromatic rings. The molecular weight excluding hydrogens is 190 g/mol. The summed E-state index contributed by atoms with van der Waals surface area (Å²) in [5.41, 5.74) is 1.14. The minimum Gasteiger partial charge on any atom is -0.314 e. The molecule has 0 unspecified atom stereocenters. The molecule has 0 spiro atoms. The minimum absolute atomic E-state index is 0.0299. The van der Waals surface area contributed by atoms with Gasteiger partial charge in [-0.25, -0.2) is 0 Å².